The summed E-state index contributed by atoms with van der Waals surface area (Å²) in [6, 6.07) is 11.3. The molecule has 0 fully saturated rings. The lowest BCUT2D eigenvalue weighted by atomic mass is 10.2. The molecule has 0 heterocycles. The van der Waals surface area contributed by atoms with Crippen molar-refractivity contribution >= 4 is 29.3 Å². The predicted octanol–water partition coefficient (Wildman–Crippen LogP) is 4.33. The molecule has 2 aromatic rings. The van der Waals surface area contributed by atoms with Crippen LogP contribution in [-0.4, -0.2) is 23.1 Å². The van der Waals surface area contributed by atoms with Crippen molar-refractivity contribution in [3.8, 4) is 11.5 Å². The first-order valence-electron chi connectivity index (χ1n) is 6.11. The van der Waals surface area contributed by atoms with Gasteiger partial charge in [0.25, 0.3) is 0 Å². The molecule has 6 heteroatoms. The minimum absolute atomic E-state index is 0.0323. The third kappa shape index (κ3) is 4.28. The molecule has 0 radical (unpaired) electrons. The summed E-state index contributed by atoms with van der Waals surface area (Å²) in [7, 11) is 1.57. The number of ether oxygens (including phenoxy) is 1. The summed E-state index contributed by atoms with van der Waals surface area (Å²) in [4.78, 5) is 13.3. The Kier molecular flexibility index (Phi) is 4.94. The van der Waals surface area contributed by atoms with Gasteiger partial charge < -0.3 is 14.7 Å². The summed E-state index contributed by atoms with van der Waals surface area (Å²) in [6.45, 7) is 0.197. The van der Waals surface area contributed by atoms with Crippen LogP contribution in [0.3, 0.4) is 0 Å². The molecule has 0 unspecified atom stereocenters. The number of phenols is 1. The summed E-state index contributed by atoms with van der Waals surface area (Å²) < 4.78 is 5.19. The zero-order valence-electron chi connectivity index (χ0n) is 11.2. The number of carbonyl (C=O) groups is 1. The molecule has 1 N–H and O–H groups in total. The van der Waals surface area contributed by atoms with Gasteiger partial charge in [0.05, 0.1) is 6.54 Å². The van der Waals surface area contributed by atoms with E-state index in [1.165, 1.54) is 11.0 Å². The van der Waals surface area contributed by atoms with E-state index in [1.807, 2.05) is 0 Å². The molecule has 0 aromatic heterocycles. The fraction of sp³-hybridized carbons (Fsp3) is 0.133. The number of hydrogen-bond acceptors (Lipinski definition) is 3. The fourth-order valence-corrected chi connectivity index (χ4v) is 2.05. The molecule has 0 saturated carbocycles. The Balaban J connectivity index is 2.02. The number of phenolic OH excluding ortho intramolecular Hbond substituents is 1. The SMILES string of the molecule is CN(Cc1ccc(Cl)cc1O)C(=O)Oc1cccc(Cl)c1. The first-order chi connectivity index (χ1) is 9.95. The Labute approximate surface area is 132 Å². The largest absolute Gasteiger partial charge is 0.508 e. The summed E-state index contributed by atoms with van der Waals surface area (Å²) in [5.41, 5.74) is 0.574. The number of benzene rings is 2. The molecule has 110 valence electrons. The van der Waals surface area contributed by atoms with Gasteiger partial charge in [0.2, 0.25) is 0 Å². The van der Waals surface area contributed by atoms with Gasteiger partial charge in [0.1, 0.15) is 11.5 Å². The Morgan fingerprint density at radius 2 is 1.90 bits per heavy atom. The van der Waals surface area contributed by atoms with E-state index < -0.39 is 6.09 Å². The molecule has 2 aromatic carbocycles. The van der Waals surface area contributed by atoms with E-state index in [4.69, 9.17) is 27.9 Å². The van der Waals surface area contributed by atoms with Crippen LogP contribution in [0.2, 0.25) is 10.0 Å². The van der Waals surface area contributed by atoms with E-state index in [0.717, 1.165) is 0 Å². The van der Waals surface area contributed by atoms with Crippen molar-refractivity contribution in [3.63, 3.8) is 0 Å². The zero-order valence-corrected chi connectivity index (χ0v) is 12.7. The van der Waals surface area contributed by atoms with Gasteiger partial charge in [-0.1, -0.05) is 35.3 Å². The van der Waals surface area contributed by atoms with Crippen molar-refractivity contribution in [3.05, 3.63) is 58.1 Å². The molecule has 4 nitrogen and oxygen atoms in total. The molecule has 21 heavy (non-hydrogen) atoms. The molecule has 0 spiro atoms. The van der Waals surface area contributed by atoms with Crippen molar-refractivity contribution in [1.82, 2.24) is 4.90 Å². The lowest BCUT2D eigenvalue weighted by Crippen LogP contribution is -2.29. The minimum atomic E-state index is -0.549. The van der Waals surface area contributed by atoms with Crippen molar-refractivity contribution in [2.45, 2.75) is 6.54 Å². The number of rotatable bonds is 3. The quantitative estimate of drug-likeness (QED) is 0.913. The molecular formula is C15H13Cl2NO3. The Morgan fingerprint density at radius 1 is 1.19 bits per heavy atom. The lowest BCUT2D eigenvalue weighted by molar-refractivity contribution is 0.160. The number of halogens is 2. The second-order valence-corrected chi connectivity index (χ2v) is 5.33. The van der Waals surface area contributed by atoms with Crippen LogP contribution in [0.15, 0.2) is 42.5 Å². The summed E-state index contributed by atoms with van der Waals surface area (Å²) in [6.07, 6.45) is -0.549. The summed E-state index contributed by atoms with van der Waals surface area (Å²) >= 11 is 11.6. The highest BCUT2D eigenvalue weighted by Crippen LogP contribution is 2.23. The minimum Gasteiger partial charge on any atom is -0.508 e. The monoisotopic (exact) mass is 325 g/mol. The molecule has 0 aliphatic carbocycles. The van der Waals surface area contributed by atoms with Gasteiger partial charge in [-0.2, -0.15) is 0 Å². The van der Waals surface area contributed by atoms with Crippen LogP contribution in [-0.2, 0) is 6.54 Å². The highest BCUT2D eigenvalue weighted by Gasteiger charge is 2.14. The number of nitrogens with zero attached hydrogens (tertiary/aromatic N) is 1. The van der Waals surface area contributed by atoms with E-state index >= 15 is 0 Å². The number of carbonyl (C=O) groups excluding carboxylic acids is 1. The average molecular weight is 326 g/mol. The molecule has 2 rings (SSSR count). The van der Waals surface area contributed by atoms with Crippen molar-refractivity contribution in [1.29, 1.82) is 0 Å². The molecule has 0 atom stereocenters. The second kappa shape index (κ2) is 6.70. The summed E-state index contributed by atoms with van der Waals surface area (Å²) in [5.74, 6) is 0.393. The Hall–Kier alpha value is -1.91. The lowest BCUT2D eigenvalue weighted by Gasteiger charge is -2.17. The standard InChI is InChI=1S/C15H13Cl2NO3/c1-18(9-10-5-6-12(17)8-14(10)19)15(20)21-13-4-2-3-11(16)7-13/h2-8,19H,9H2,1H3. The third-order valence-corrected chi connectivity index (χ3v) is 3.24. The predicted molar refractivity (Wildman–Crippen MR) is 82.1 cm³/mol. The average Bonchev–Trinajstić information content (AvgIpc) is 2.41. The Bertz CT molecular complexity index is 661. The number of hydrogen-bond donors (Lipinski definition) is 1. The fourth-order valence-electron chi connectivity index (χ4n) is 1.70. The summed E-state index contributed by atoms with van der Waals surface area (Å²) in [5, 5.41) is 10.7. The van der Waals surface area contributed by atoms with Gasteiger partial charge in [-0.25, -0.2) is 4.79 Å². The molecule has 0 saturated heterocycles. The maximum absolute atomic E-state index is 12.0. The van der Waals surface area contributed by atoms with Crippen molar-refractivity contribution in [2.75, 3.05) is 7.05 Å². The zero-order chi connectivity index (χ0) is 15.4. The van der Waals surface area contributed by atoms with Crippen LogP contribution in [0.1, 0.15) is 5.56 Å². The Morgan fingerprint density at radius 3 is 2.57 bits per heavy atom. The van der Waals surface area contributed by atoms with Gasteiger partial charge in [-0.3, -0.25) is 0 Å². The molecule has 0 aliphatic heterocycles. The van der Waals surface area contributed by atoms with Gasteiger partial charge in [-0.15, -0.1) is 0 Å². The third-order valence-electron chi connectivity index (χ3n) is 2.77. The molecular weight excluding hydrogens is 313 g/mol. The second-order valence-electron chi connectivity index (χ2n) is 4.45. The van der Waals surface area contributed by atoms with Gasteiger partial charge >= 0.3 is 6.09 Å². The van der Waals surface area contributed by atoms with E-state index in [-0.39, 0.29) is 12.3 Å². The van der Waals surface area contributed by atoms with E-state index in [0.29, 0.717) is 21.4 Å². The van der Waals surface area contributed by atoms with Crippen LogP contribution in [0, 0.1) is 0 Å². The number of amides is 1. The van der Waals surface area contributed by atoms with E-state index in [2.05, 4.69) is 0 Å². The van der Waals surface area contributed by atoms with Crippen LogP contribution >= 0.6 is 23.2 Å². The highest BCUT2D eigenvalue weighted by atomic mass is 35.5. The van der Waals surface area contributed by atoms with Gasteiger partial charge in [-0.05, 0) is 30.3 Å². The topological polar surface area (TPSA) is 49.8 Å². The van der Waals surface area contributed by atoms with Crippen LogP contribution < -0.4 is 4.74 Å². The van der Waals surface area contributed by atoms with Gasteiger partial charge in [0.15, 0.2) is 0 Å². The van der Waals surface area contributed by atoms with E-state index in [1.54, 1.807) is 43.4 Å². The molecule has 0 bridgehead atoms. The van der Waals surface area contributed by atoms with Crippen LogP contribution in [0.5, 0.6) is 11.5 Å². The van der Waals surface area contributed by atoms with Crippen LogP contribution in [0.4, 0.5) is 4.79 Å². The smallest absolute Gasteiger partial charge is 0.415 e. The van der Waals surface area contributed by atoms with Crippen LogP contribution in [0.25, 0.3) is 0 Å². The van der Waals surface area contributed by atoms with Gasteiger partial charge in [0, 0.05) is 22.7 Å². The molecule has 1 amide bonds. The van der Waals surface area contributed by atoms with Crippen molar-refractivity contribution < 1.29 is 14.6 Å². The normalized spacial score (nSPS) is 10.2. The number of aromatic hydroxyl groups is 1. The first-order valence-corrected chi connectivity index (χ1v) is 6.87. The highest BCUT2D eigenvalue weighted by molar-refractivity contribution is 6.31. The maximum atomic E-state index is 12.0. The van der Waals surface area contributed by atoms with E-state index in [9.17, 15) is 9.90 Å². The molecule has 0 aliphatic rings. The first kappa shape index (κ1) is 15.5. The van der Waals surface area contributed by atoms with Crippen molar-refractivity contribution in [2.24, 2.45) is 0 Å². The maximum Gasteiger partial charge on any atom is 0.415 e.